The highest BCUT2D eigenvalue weighted by Crippen LogP contribution is 2.35. The molecule has 0 saturated carbocycles. The molecule has 1 atom stereocenters. The molecule has 1 fully saturated rings. The van der Waals surface area contributed by atoms with Crippen LogP contribution in [0.1, 0.15) is 35.7 Å². The van der Waals surface area contributed by atoms with Gasteiger partial charge >= 0.3 is 0 Å². The summed E-state index contributed by atoms with van der Waals surface area (Å²) in [4.78, 5) is 26.1. The third kappa shape index (κ3) is 2.77. The normalized spacial score (nSPS) is 21.2. The smallest absolute Gasteiger partial charge is 0.223 e. The van der Waals surface area contributed by atoms with E-state index < -0.39 is 0 Å². The Hall–Kier alpha value is -1.20. The van der Waals surface area contributed by atoms with E-state index >= 15 is 0 Å². The molecule has 1 aromatic rings. The Bertz CT molecular complexity index is 593. The van der Waals surface area contributed by atoms with Crippen LogP contribution in [0.15, 0.2) is 16.6 Å². The van der Waals surface area contributed by atoms with Crippen LogP contribution >= 0.6 is 15.9 Å². The monoisotopic (exact) mass is 351 g/mol. The summed E-state index contributed by atoms with van der Waals surface area (Å²) in [5.74, 6) is 0.0653. The summed E-state index contributed by atoms with van der Waals surface area (Å²) in [6.07, 6.45) is 2.64. The van der Waals surface area contributed by atoms with Gasteiger partial charge in [0.1, 0.15) is 0 Å². The maximum atomic E-state index is 12.7. The molecule has 21 heavy (non-hydrogen) atoms. The summed E-state index contributed by atoms with van der Waals surface area (Å²) in [6.45, 7) is 3.50. The molecule has 0 aliphatic carbocycles. The second-order valence-corrected chi connectivity index (χ2v) is 6.51. The van der Waals surface area contributed by atoms with Crippen molar-refractivity contribution < 1.29 is 14.3 Å². The summed E-state index contributed by atoms with van der Waals surface area (Å²) >= 11 is 3.51. The number of fused-ring (bicyclic) bond motifs is 1. The van der Waals surface area contributed by atoms with E-state index in [9.17, 15) is 9.59 Å². The van der Waals surface area contributed by atoms with E-state index in [-0.39, 0.29) is 17.6 Å². The Morgan fingerprint density at radius 1 is 1.38 bits per heavy atom. The van der Waals surface area contributed by atoms with E-state index in [4.69, 9.17) is 4.74 Å². The van der Waals surface area contributed by atoms with Crippen molar-refractivity contribution in [1.82, 2.24) is 0 Å². The molecule has 1 amide bonds. The Morgan fingerprint density at radius 2 is 2.19 bits per heavy atom. The van der Waals surface area contributed by atoms with E-state index in [1.54, 1.807) is 11.8 Å². The number of carbonyl (C=O) groups is 2. The second kappa shape index (κ2) is 5.89. The second-order valence-electron chi connectivity index (χ2n) is 5.66. The minimum Gasteiger partial charge on any atom is -0.381 e. The average molecular weight is 352 g/mol. The highest BCUT2D eigenvalue weighted by atomic mass is 79.9. The van der Waals surface area contributed by atoms with Gasteiger partial charge in [-0.25, -0.2) is 0 Å². The van der Waals surface area contributed by atoms with E-state index in [0.717, 1.165) is 41.6 Å². The average Bonchev–Trinajstić information content (AvgIpc) is 2.89. The van der Waals surface area contributed by atoms with Crippen LogP contribution in [0.25, 0.3) is 0 Å². The fourth-order valence-electron chi connectivity index (χ4n) is 3.09. The predicted molar refractivity (Wildman–Crippen MR) is 83.7 cm³/mol. The number of anilines is 1. The first-order chi connectivity index (χ1) is 10.1. The Morgan fingerprint density at radius 3 is 2.86 bits per heavy atom. The molecule has 0 N–H and O–H groups in total. The molecular weight excluding hydrogens is 334 g/mol. The van der Waals surface area contributed by atoms with Crippen LogP contribution in [0.3, 0.4) is 0 Å². The zero-order valence-corrected chi connectivity index (χ0v) is 13.6. The first-order valence-electron chi connectivity index (χ1n) is 7.30. The standard InChI is InChI=1S/C16H18BrNO3/c1-10(19)18-5-4-11-7-14(17)13(8-15(11)18)16(20)12-3-2-6-21-9-12/h7-8,12H,2-6,9H2,1H3. The van der Waals surface area contributed by atoms with Crippen molar-refractivity contribution in [3.8, 4) is 0 Å². The summed E-state index contributed by atoms with van der Waals surface area (Å²) < 4.78 is 6.24. The van der Waals surface area contributed by atoms with Gasteiger partial charge in [-0.3, -0.25) is 9.59 Å². The van der Waals surface area contributed by atoms with Crippen LogP contribution in [0.4, 0.5) is 5.69 Å². The molecule has 2 heterocycles. The zero-order valence-electron chi connectivity index (χ0n) is 12.0. The van der Waals surface area contributed by atoms with Gasteiger partial charge < -0.3 is 9.64 Å². The maximum absolute atomic E-state index is 12.7. The first kappa shape index (κ1) is 14.7. The molecule has 1 unspecified atom stereocenters. The van der Waals surface area contributed by atoms with E-state index in [2.05, 4.69) is 15.9 Å². The van der Waals surface area contributed by atoms with Crippen molar-refractivity contribution in [3.63, 3.8) is 0 Å². The molecule has 3 rings (SSSR count). The maximum Gasteiger partial charge on any atom is 0.223 e. The number of hydrogen-bond donors (Lipinski definition) is 0. The van der Waals surface area contributed by atoms with Crippen molar-refractivity contribution >= 4 is 33.3 Å². The molecule has 0 radical (unpaired) electrons. The van der Waals surface area contributed by atoms with Gasteiger partial charge in [-0.1, -0.05) is 15.9 Å². The highest BCUT2D eigenvalue weighted by molar-refractivity contribution is 9.10. The van der Waals surface area contributed by atoms with Crippen molar-refractivity contribution in [2.45, 2.75) is 26.2 Å². The Balaban J connectivity index is 1.94. The van der Waals surface area contributed by atoms with Crippen LogP contribution < -0.4 is 4.90 Å². The van der Waals surface area contributed by atoms with E-state index in [0.29, 0.717) is 18.7 Å². The molecule has 2 aliphatic rings. The summed E-state index contributed by atoms with van der Waals surface area (Å²) in [7, 11) is 0. The molecule has 4 nitrogen and oxygen atoms in total. The third-order valence-corrected chi connectivity index (χ3v) is 4.90. The lowest BCUT2D eigenvalue weighted by Gasteiger charge is -2.22. The number of halogens is 1. The molecule has 0 aromatic heterocycles. The Labute approximate surface area is 132 Å². The number of hydrogen-bond acceptors (Lipinski definition) is 3. The number of amides is 1. The van der Waals surface area contributed by atoms with Crippen molar-refractivity contribution in [1.29, 1.82) is 0 Å². The number of rotatable bonds is 2. The van der Waals surface area contributed by atoms with Crippen LogP contribution in [-0.4, -0.2) is 31.4 Å². The SMILES string of the molecule is CC(=O)N1CCc2cc(Br)c(C(=O)C3CCCOC3)cc21. The van der Waals surface area contributed by atoms with Gasteiger partial charge in [0, 0.05) is 41.7 Å². The molecular formula is C16H18BrNO3. The van der Waals surface area contributed by atoms with Crippen LogP contribution in [0.2, 0.25) is 0 Å². The van der Waals surface area contributed by atoms with Gasteiger partial charge in [-0.2, -0.15) is 0 Å². The molecule has 1 aromatic carbocycles. The minimum absolute atomic E-state index is 0.0236. The third-order valence-electron chi connectivity index (χ3n) is 4.24. The Kier molecular flexibility index (Phi) is 4.13. The number of ether oxygens (including phenoxy) is 1. The molecule has 0 bridgehead atoms. The fourth-order valence-corrected chi connectivity index (χ4v) is 3.68. The lowest BCUT2D eigenvalue weighted by Crippen LogP contribution is -2.27. The van der Waals surface area contributed by atoms with Gasteiger partial charge in [-0.15, -0.1) is 0 Å². The highest BCUT2D eigenvalue weighted by Gasteiger charge is 2.28. The van der Waals surface area contributed by atoms with Crippen molar-refractivity contribution in [2.75, 3.05) is 24.7 Å². The van der Waals surface area contributed by atoms with Gasteiger partial charge in [0.05, 0.1) is 6.61 Å². The van der Waals surface area contributed by atoms with Crippen LogP contribution in [0.5, 0.6) is 0 Å². The molecule has 1 saturated heterocycles. The molecule has 0 spiro atoms. The molecule has 2 aliphatic heterocycles. The van der Waals surface area contributed by atoms with Gasteiger partial charge in [0.25, 0.3) is 0 Å². The largest absolute Gasteiger partial charge is 0.381 e. The first-order valence-corrected chi connectivity index (χ1v) is 8.09. The van der Waals surface area contributed by atoms with Crippen molar-refractivity contribution in [3.05, 3.63) is 27.7 Å². The summed E-state index contributed by atoms with van der Waals surface area (Å²) in [5, 5.41) is 0. The number of benzene rings is 1. The molecule has 5 heteroatoms. The lowest BCUT2D eigenvalue weighted by atomic mass is 9.92. The van der Waals surface area contributed by atoms with Crippen LogP contribution in [0, 0.1) is 5.92 Å². The number of ketones is 1. The fraction of sp³-hybridized carbons (Fsp3) is 0.500. The van der Waals surface area contributed by atoms with Gasteiger partial charge in [-0.05, 0) is 37.0 Å². The quantitative estimate of drug-likeness (QED) is 0.769. The predicted octanol–water partition coefficient (Wildman–Crippen LogP) is 2.97. The van der Waals surface area contributed by atoms with E-state index in [1.165, 1.54) is 0 Å². The lowest BCUT2D eigenvalue weighted by molar-refractivity contribution is -0.116. The van der Waals surface area contributed by atoms with Gasteiger partial charge in [0.15, 0.2) is 5.78 Å². The van der Waals surface area contributed by atoms with Crippen molar-refractivity contribution in [2.24, 2.45) is 5.92 Å². The number of carbonyl (C=O) groups excluding carboxylic acids is 2. The minimum atomic E-state index is -0.0692. The van der Waals surface area contributed by atoms with Crippen LogP contribution in [-0.2, 0) is 16.0 Å². The number of Topliss-reactive ketones (excluding diaryl/α,β-unsaturated/α-hetero) is 1. The summed E-state index contributed by atoms with van der Waals surface area (Å²) in [5.41, 5.74) is 2.66. The zero-order chi connectivity index (χ0) is 15.0. The van der Waals surface area contributed by atoms with E-state index in [1.807, 2.05) is 12.1 Å². The summed E-state index contributed by atoms with van der Waals surface area (Å²) in [6, 6.07) is 3.85. The van der Waals surface area contributed by atoms with Gasteiger partial charge in [0.2, 0.25) is 5.91 Å². The molecule has 112 valence electrons. The number of nitrogens with zero attached hydrogens (tertiary/aromatic N) is 1. The topological polar surface area (TPSA) is 46.6 Å².